The standard InChI is InChI=1S/C13H19BrClN3O2/c1-4-5-6-20-12(19)10(8(2)3)17-13-16-7-9(14)11(15)18-13/h7-8,10H,4-6H2,1-3H3,(H,16,17,18). The lowest BCUT2D eigenvalue weighted by molar-refractivity contribution is -0.145. The van der Waals surface area contributed by atoms with Crippen LogP contribution in [-0.2, 0) is 9.53 Å². The van der Waals surface area contributed by atoms with E-state index < -0.39 is 6.04 Å². The summed E-state index contributed by atoms with van der Waals surface area (Å²) in [6.07, 6.45) is 3.38. The van der Waals surface area contributed by atoms with Gasteiger partial charge in [0.15, 0.2) is 0 Å². The van der Waals surface area contributed by atoms with Crippen molar-refractivity contribution in [2.75, 3.05) is 11.9 Å². The zero-order valence-electron chi connectivity index (χ0n) is 11.8. The molecule has 0 saturated heterocycles. The number of unbranched alkanes of at least 4 members (excludes halogenated alkanes) is 1. The number of anilines is 1. The quantitative estimate of drug-likeness (QED) is 0.454. The Kier molecular flexibility index (Phi) is 7.23. The Morgan fingerprint density at radius 3 is 2.80 bits per heavy atom. The number of ether oxygens (including phenoxy) is 1. The van der Waals surface area contributed by atoms with Gasteiger partial charge in [-0.2, -0.15) is 4.98 Å². The molecular weight excluding hydrogens is 346 g/mol. The van der Waals surface area contributed by atoms with Crippen LogP contribution in [0, 0.1) is 5.92 Å². The number of hydrogen-bond donors (Lipinski definition) is 1. The van der Waals surface area contributed by atoms with E-state index in [2.05, 4.69) is 31.2 Å². The summed E-state index contributed by atoms with van der Waals surface area (Å²) >= 11 is 9.12. The monoisotopic (exact) mass is 363 g/mol. The molecule has 5 nitrogen and oxygen atoms in total. The fraction of sp³-hybridized carbons (Fsp3) is 0.615. The van der Waals surface area contributed by atoms with Crippen LogP contribution < -0.4 is 5.32 Å². The molecule has 0 saturated carbocycles. The van der Waals surface area contributed by atoms with Gasteiger partial charge in [0.05, 0.1) is 11.1 Å². The molecule has 0 radical (unpaired) electrons. The van der Waals surface area contributed by atoms with E-state index in [0.717, 1.165) is 12.8 Å². The van der Waals surface area contributed by atoms with Gasteiger partial charge in [0, 0.05) is 6.20 Å². The molecule has 7 heteroatoms. The first-order valence-electron chi connectivity index (χ1n) is 6.57. The van der Waals surface area contributed by atoms with E-state index in [1.54, 1.807) is 0 Å². The van der Waals surface area contributed by atoms with Gasteiger partial charge in [0.25, 0.3) is 0 Å². The van der Waals surface area contributed by atoms with Gasteiger partial charge >= 0.3 is 5.97 Å². The molecule has 1 aromatic rings. The summed E-state index contributed by atoms with van der Waals surface area (Å²) < 4.78 is 5.84. The first-order valence-corrected chi connectivity index (χ1v) is 7.74. The number of nitrogens with zero attached hydrogens (tertiary/aromatic N) is 2. The summed E-state index contributed by atoms with van der Waals surface area (Å²) in [4.78, 5) is 20.2. The van der Waals surface area contributed by atoms with Gasteiger partial charge in [0.1, 0.15) is 11.2 Å². The number of aromatic nitrogens is 2. The average molecular weight is 365 g/mol. The van der Waals surface area contributed by atoms with Crippen molar-refractivity contribution in [2.24, 2.45) is 5.92 Å². The van der Waals surface area contributed by atoms with Crippen LogP contribution in [-0.4, -0.2) is 28.6 Å². The van der Waals surface area contributed by atoms with Gasteiger partial charge in [-0.15, -0.1) is 0 Å². The Morgan fingerprint density at radius 2 is 2.25 bits per heavy atom. The molecule has 1 atom stereocenters. The third-order valence-corrected chi connectivity index (χ3v) is 3.75. The Labute approximate surface area is 132 Å². The highest BCUT2D eigenvalue weighted by atomic mass is 79.9. The van der Waals surface area contributed by atoms with E-state index in [0.29, 0.717) is 22.2 Å². The van der Waals surface area contributed by atoms with Crippen LogP contribution in [0.25, 0.3) is 0 Å². The van der Waals surface area contributed by atoms with E-state index in [-0.39, 0.29) is 11.9 Å². The maximum absolute atomic E-state index is 12.0. The Hall–Kier alpha value is -0.880. The Bertz CT molecular complexity index is 457. The third kappa shape index (κ3) is 5.25. The summed E-state index contributed by atoms with van der Waals surface area (Å²) in [5, 5.41) is 3.27. The maximum Gasteiger partial charge on any atom is 0.328 e. The SMILES string of the molecule is CCCCOC(=O)C(Nc1ncc(Br)c(Cl)n1)C(C)C. The second-order valence-electron chi connectivity index (χ2n) is 4.72. The number of carbonyl (C=O) groups is 1. The first kappa shape index (κ1) is 17.2. The minimum atomic E-state index is -0.496. The van der Waals surface area contributed by atoms with E-state index in [1.165, 1.54) is 6.20 Å². The van der Waals surface area contributed by atoms with Gasteiger partial charge in [-0.25, -0.2) is 9.78 Å². The largest absolute Gasteiger partial charge is 0.464 e. The molecule has 1 N–H and O–H groups in total. The normalized spacial score (nSPS) is 12.3. The van der Waals surface area contributed by atoms with Crippen LogP contribution in [0.5, 0.6) is 0 Å². The number of carbonyl (C=O) groups excluding carboxylic acids is 1. The van der Waals surface area contributed by atoms with Crippen molar-refractivity contribution in [3.8, 4) is 0 Å². The van der Waals surface area contributed by atoms with Gasteiger partial charge in [0.2, 0.25) is 5.95 Å². The summed E-state index contributed by atoms with van der Waals surface area (Å²) in [6.45, 7) is 6.34. The average Bonchev–Trinajstić information content (AvgIpc) is 2.39. The van der Waals surface area contributed by atoms with Crippen LogP contribution in [0.1, 0.15) is 33.6 Å². The topological polar surface area (TPSA) is 64.1 Å². The fourth-order valence-corrected chi connectivity index (χ4v) is 1.78. The molecule has 1 rings (SSSR count). The van der Waals surface area contributed by atoms with Crippen molar-refractivity contribution in [1.29, 1.82) is 0 Å². The molecule has 1 unspecified atom stereocenters. The molecule has 0 amide bonds. The number of rotatable bonds is 7. The van der Waals surface area contributed by atoms with E-state index in [4.69, 9.17) is 16.3 Å². The summed E-state index contributed by atoms with van der Waals surface area (Å²) in [5.41, 5.74) is 0. The molecule has 0 aliphatic heterocycles. The molecule has 0 spiro atoms. The minimum absolute atomic E-state index is 0.0511. The predicted molar refractivity (Wildman–Crippen MR) is 82.9 cm³/mol. The molecular formula is C13H19BrClN3O2. The van der Waals surface area contributed by atoms with E-state index in [9.17, 15) is 4.79 Å². The summed E-state index contributed by atoms with van der Waals surface area (Å²) in [6, 6.07) is -0.496. The minimum Gasteiger partial charge on any atom is -0.464 e. The zero-order chi connectivity index (χ0) is 15.1. The number of nitrogens with one attached hydrogen (secondary N) is 1. The van der Waals surface area contributed by atoms with Gasteiger partial charge in [-0.1, -0.05) is 38.8 Å². The number of halogens is 2. The van der Waals surface area contributed by atoms with Crippen LogP contribution in [0.4, 0.5) is 5.95 Å². The lowest BCUT2D eigenvalue weighted by atomic mass is 10.1. The third-order valence-electron chi connectivity index (χ3n) is 2.65. The van der Waals surface area contributed by atoms with Crippen molar-refractivity contribution in [2.45, 2.75) is 39.7 Å². The zero-order valence-corrected chi connectivity index (χ0v) is 14.2. The smallest absolute Gasteiger partial charge is 0.328 e. The summed E-state index contributed by atoms with van der Waals surface area (Å²) in [7, 11) is 0. The maximum atomic E-state index is 12.0. The van der Waals surface area contributed by atoms with Gasteiger partial charge in [-0.05, 0) is 28.3 Å². The van der Waals surface area contributed by atoms with Gasteiger partial charge in [-0.3, -0.25) is 0 Å². The molecule has 0 aliphatic carbocycles. The molecule has 0 fully saturated rings. The molecule has 1 heterocycles. The molecule has 0 bridgehead atoms. The molecule has 0 aliphatic rings. The summed E-state index contributed by atoms with van der Waals surface area (Å²) in [5.74, 6) is 0.0654. The van der Waals surface area contributed by atoms with Crippen molar-refractivity contribution in [3.05, 3.63) is 15.8 Å². The van der Waals surface area contributed by atoms with Crippen LogP contribution in [0.3, 0.4) is 0 Å². The lowest BCUT2D eigenvalue weighted by Crippen LogP contribution is -2.36. The highest BCUT2D eigenvalue weighted by molar-refractivity contribution is 9.10. The van der Waals surface area contributed by atoms with Crippen molar-refractivity contribution >= 4 is 39.4 Å². The van der Waals surface area contributed by atoms with Crippen LogP contribution in [0.2, 0.25) is 5.15 Å². The molecule has 112 valence electrons. The second kappa shape index (κ2) is 8.42. The lowest BCUT2D eigenvalue weighted by Gasteiger charge is -2.20. The fourth-order valence-electron chi connectivity index (χ4n) is 1.46. The number of esters is 1. The molecule has 1 aromatic heterocycles. The van der Waals surface area contributed by atoms with Crippen molar-refractivity contribution < 1.29 is 9.53 Å². The van der Waals surface area contributed by atoms with Crippen molar-refractivity contribution in [3.63, 3.8) is 0 Å². The van der Waals surface area contributed by atoms with Crippen molar-refractivity contribution in [1.82, 2.24) is 9.97 Å². The molecule has 0 aromatic carbocycles. The Balaban J connectivity index is 2.71. The Morgan fingerprint density at radius 1 is 1.55 bits per heavy atom. The van der Waals surface area contributed by atoms with Gasteiger partial charge < -0.3 is 10.1 Å². The number of hydrogen-bond acceptors (Lipinski definition) is 5. The van der Waals surface area contributed by atoms with E-state index >= 15 is 0 Å². The van der Waals surface area contributed by atoms with Crippen LogP contribution in [0.15, 0.2) is 10.7 Å². The second-order valence-corrected chi connectivity index (χ2v) is 5.93. The first-order chi connectivity index (χ1) is 9.45. The molecule has 20 heavy (non-hydrogen) atoms. The predicted octanol–water partition coefficient (Wildman–Crippen LogP) is 3.67. The van der Waals surface area contributed by atoms with E-state index in [1.807, 2.05) is 20.8 Å². The highest BCUT2D eigenvalue weighted by Gasteiger charge is 2.24. The van der Waals surface area contributed by atoms with Crippen LogP contribution >= 0.6 is 27.5 Å². The highest BCUT2D eigenvalue weighted by Crippen LogP contribution is 2.20.